The van der Waals surface area contributed by atoms with Gasteiger partial charge >= 0.3 is 0 Å². The van der Waals surface area contributed by atoms with Gasteiger partial charge in [0, 0.05) is 0 Å². The number of hydrogen-bond acceptors (Lipinski definition) is 6. The number of ether oxygens (including phenoxy) is 2. The summed E-state index contributed by atoms with van der Waals surface area (Å²) in [6.07, 6.45) is -5.53. The summed E-state index contributed by atoms with van der Waals surface area (Å²) in [5.74, 6) is 0.476. The fourth-order valence-electron chi connectivity index (χ4n) is 1.77. The number of aromatic hydroxyl groups is 1. The molecule has 1 heterocycles. The third-order valence-corrected chi connectivity index (χ3v) is 2.90. The highest BCUT2D eigenvalue weighted by atomic mass is 16.7. The van der Waals surface area contributed by atoms with E-state index >= 15 is 0 Å². The summed E-state index contributed by atoms with van der Waals surface area (Å²) >= 11 is 0. The number of benzene rings is 1. The molecule has 18 heavy (non-hydrogen) atoms. The van der Waals surface area contributed by atoms with Gasteiger partial charge in [-0.25, -0.2) is 0 Å². The Morgan fingerprint density at radius 1 is 1.00 bits per heavy atom. The van der Waals surface area contributed by atoms with Crippen LogP contribution in [-0.4, -0.2) is 51.1 Å². The molecule has 0 bridgehead atoms. The van der Waals surface area contributed by atoms with E-state index in [-0.39, 0.29) is 5.75 Å². The molecular formula is C12H16O6. The molecule has 1 aromatic rings. The van der Waals surface area contributed by atoms with E-state index in [0.29, 0.717) is 5.75 Å². The van der Waals surface area contributed by atoms with Crippen LogP contribution in [0.2, 0.25) is 0 Å². The summed E-state index contributed by atoms with van der Waals surface area (Å²) < 4.78 is 10.6. The van der Waals surface area contributed by atoms with Gasteiger partial charge in [0.1, 0.15) is 29.8 Å². The highest BCUT2D eigenvalue weighted by Gasteiger charge is 2.43. The number of phenols is 1. The van der Waals surface area contributed by atoms with E-state index in [2.05, 4.69) is 0 Å². The highest BCUT2D eigenvalue weighted by molar-refractivity contribution is 5.30. The number of hydrogen-bond donors (Lipinski definition) is 4. The summed E-state index contributed by atoms with van der Waals surface area (Å²) in [6.45, 7) is 1.58. The molecule has 0 radical (unpaired) electrons. The zero-order valence-electron chi connectivity index (χ0n) is 9.80. The van der Waals surface area contributed by atoms with Crippen molar-refractivity contribution in [2.45, 2.75) is 37.6 Å². The van der Waals surface area contributed by atoms with Gasteiger partial charge in [0.15, 0.2) is 0 Å². The molecular weight excluding hydrogens is 240 g/mol. The molecule has 1 aliphatic rings. The van der Waals surface area contributed by atoms with Crippen LogP contribution < -0.4 is 4.74 Å². The predicted molar refractivity (Wildman–Crippen MR) is 61.1 cm³/mol. The van der Waals surface area contributed by atoms with Gasteiger partial charge < -0.3 is 29.9 Å². The fourth-order valence-corrected chi connectivity index (χ4v) is 1.77. The van der Waals surface area contributed by atoms with Crippen molar-refractivity contribution in [2.75, 3.05) is 0 Å². The maximum Gasteiger partial charge on any atom is 0.229 e. The molecule has 0 aromatic heterocycles. The lowest BCUT2D eigenvalue weighted by molar-refractivity contribution is -0.268. The van der Waals surface area contributed by atoms with Crippen molar-refractivity contribution in [3.05, 3.63) is 24.3 Å². The quantitative estimate of drug-likeness (QED) is 0.574. The van der Waals surface area contributed by atoms with Crippen molar-refractivity contribution in [3.8, 4) is 11.5 Å². The molecule has 5 atom stereocenters. The first-order chi connectivity index (χ1) is 8.49. The summed E-state index contributed by atoms with van der Waals surface area (Å²) in [4.78, 5) is 0. The van der Waals surface area contributed by atoms with Crippen molar-refractivity contribution < 1.29 is 29.9 Å². The lowest BCUT2D eigenvalue weighted by Crippen LogP contribution is -2.58. The van der Waals surface area contributed by atoms with E-state index in [1.54, 1.807) is 6.92 Å². The zero-order chi connectivity index (χ0) is 13.3. The molecule has 2 rings (SSSR count). The van der Waals surface area contributed by atoms with Crippen LogP contribution in [0.25, 0.3) is 0 Å². The van der Waals surface area contributed by atoms with Gasteiger partial charge in [-0.1, -0.05) is 0 Å². The van der Waals surface area contributed by atoms with Crippen molar-refractivity contribution in [2.24, 2.45) is 0 Å². The van der Waals surface area contributed by atoms with Crippen LogP contribution in [0.15, 0.2) is 24.3 Å². The summed E-state index contributed by atoms with van der Waals surface area (Å²) in [7, 11) is 0. The van der Waals surface area contributed by atoms with Crippen molar-refractivity contribution >= 4 is 0 Å². The van der Waals surface area contributed by atoms with Crippen LogP contribution in [-0.2, 0) is 4.74 Å². The Kier molecular flexibility index (Phi) is 3.72. The fraction of sp³-hybridized carbons (Fsp3) is 0.500. The molecule has 1 aromatic carbocycles. The monoisotopic (exact) mass is 256 g/mol. The minimum absolute atomic E-state index is 0.0938. The lowest BCUT2D eigenvalue weighted by atomic mass is 10.00. The molecule has 4 N–H and O–H groups in total. The first-order valence-corrected chi connectivity index (χ1v) is 5.64. The summed E-state index contributed by atoms with van der Waals surface area (Å²) in [6, 6.07) is 5.87. The SMILES string of the molecule is C[C@H]1O[C@H](Oc2ccc(O)cc2)[C@H](O)[C@@H](O)[C@H]1O. The minimum Gasteiger partial charge on any atom is -0.508 e. The molecule has 1 saturated heterocycles. The molecule has 0 saturated carbocycles. The van der Waals surface area contributed by atoms with Gasteiger partial charge in [0.2, 0.25) is 6.29 Å². The van der Waals surface area contributed by atoms with E-state index in [9.17, 15) is 15.3 Å². The second-order valence-corrected chi connectivity index (χ2v) is 4.29. The Labute approximate surface area is 104 Å². The highest BCUT2D eigenvalue weighted by Crippen LogP contribution is 2.25. The average Bonchev–Trinajstić information content (AvgIpc) is 2.36. The van der Waals surface area contributed by atoms with Crippen LogP contribution in [0, 0.1) is 0 Å². The largest absolute Gasteiger partial charge is 0.508 e. The zero-order valence-corrected chi connectivity index (χ0v) is 9.80. The maximum absolute atomic E-state index is 9.73. The summed E-state index contributed by atoms with van der Waals surface area (Å²) in [5, 5.41) is 38.0. The van der Waals surface area contributed by atoms with Gasteiger partial charge in [-0.15, -0.1) is 0 Å². The predicted octanol–water partition coefficient (Wildman–Crippen LogP) is -0.402. The molecule has 0 aliphatic carbocycles. The van der Waals surface area contributed by atoms with Gasteiger partial charge in [0.05, 0.1) is 6.10 Å². The Bertz CT molecular complexity index is 392. The second-order valence-electron chi connectivity index (χ2n) is 4.29. The van der Waals surface area contributed by atoms with Crippen LogP contribution in [0.5, 0.6) is 11.5 Å². The normalized spacial score (nSPS) is 36.3. The third kappa shape index (κ3) is 2.56. The molecule has 0 unspecified atom stereocenters. The second kappa shape index (κ2) is 5.11. The summed E-state index contributed by atoms with van der Waals surface area (Å²) in [5.41, 5.74) is 0. The Hall–Kier alpha value is -1.34. The average molecular weight is 256 g/mol. The molecule has 100 valence electrons. The number of aliphatic hydroxyl groups excluding tert-OH is 3. The standard InChI is InChI=1S/C12H16O6/c1-6-9(14)10(15)11(16)12(17-6)18-8-4-2-7(13)3-5-8/h2-6,9-16H,1H3/t6-,9+,10+,11-,12-/m1/s1. The van der Waals surface area contributed by atoms with E-state index < -0.39 is 30.7 Å². The van der Waals surface area contributed by atoms with Gasteiger partial charge in [-0.3, -0.25) is 0 Å². The number of rotatable bonds is 2. The molecule has 1 aliphatic heterocycles. The maximum atomic E-state index is 9.73. The molecule has 6 nitrogen and oxygen atoms in total. The number of aliphatic hydroxyl groups is 3. The van der Waals surface area contributed by atoms with Crippen LogP contribution in [0.4, 0.5) is 0 Å². The van der Waals surface area contributed by atoms with Crippen molar-refractivity contribution in [1.29, 1.82) is 0 Å². The van der Waals surface area contributed by atoms with E-state index in [4.69, 9.17) is 14.6 Å². The smallest absolute Gasteiger partial charge is 0.229 e. The molecule has 1 fully saturated rings. The first kappa shape index (κ1) is 13.1. The number of phenolic OH excluding ortho intramolecular Hbond substituents is 1. The van der Waals surface area contributed by atoms with Crippen molar-refractivity contribution in [3.63, 3.8) is 0 Å². The Morgan fingerprint density at radius 3 is 2.22 bits per heavy atom. The Morgan fingerprint density at radius 2 is 1.61 bits per heavy atom. The van der Waals surface area contributed by atoms with Gasteiger partial charge in [-0.2, -0.15) is 0 Å². The van der Waals surface area contributed by atoms with Crippen LogP contribution >= 0.6 is 0 Å². The molecule has 0 spiro atoms. The third-order valence-electron chi connectivity index (χ3n) is 2.90. The topological polar surface area (TPSA) is 99.4 Å². The van der Waals surface area contributed by atoms with Gasteiger partial charge in [0.25, 0.3) is 0 Å². The lowest BCUT2D eigenvalue weighted by Gasteiger charge is -2.38. The Balaban J connectivity index is 2.06. The van der Waals surface area contributed by atoms with Crippen LogP contribution in [0.1, 0.15) is 6.92 Å². The minimum atomic E-state index is -1.34. The molecule has 0 amide bonds. The van der Waals surface area contributed by atoms with E-state index in [1.165, 1.54) is 24.3 Å². The van der Waals surface area contributed by atoms with E-state index in [0.717, 1.165) is 0 Å². The molecule has 6 heteroatoms. The first-order valence-electron chi connectivity index (χ1n) is 5.64. The van der Waals surface area contributed by atoms with E-state index in [1.807, 2.05) is 0 Å². The van der Waals surface area contributed by atoms with Crippen LogP contribution in [0.3, 0.4) is 0 Å². The van der Waals surface area contributed by atoms with Crippen molar-refractivity contribution in [1.82, 2.24) is 0 Å². The van der Waals surface area contributed by atoms with Gasteiger partial charge in [-0.05, 0) is 31.2 Å².